The summed E-state index contributed by atoms with van der Waals surface area (Å²) in [6.45, 7) is 4.85. The van der Waals surface area contributed by atoms with Gasteiger partial charge in [-0.05, 0) is 12.1 Å². The van der Waals surface area contributed by atoms with E-state index in [4.69, 9.17) is 11.1 Å². The Labute approximate surface area is 132 Å². The first-order valence-electron chi connectivity index (χ1n) is 6.40. The lowest BCUT2D eigenvalue weighted by atomic mass is 10.1. The standard InChI is InChI=1S/C14H9F6N3O/c1-21-12-3-2-9(6-11(12)14(18,19)20)23(8-13(15,16)17)7-10-4-5-22-24-10/h2-6H,7-8H2. The maximum atomic E-state index is 13.0. The van der Waals surface area contributed by atoms with Crippen LogP contribution in [0.5, 0.6) is 0 Å². The van der Waals surface area contributed by atoms with Gasteiger partial charge in [0.2, 0.25) is 0 Å². The summed E-state index contributed by atoms with van der Waals surface area (Å²) in [5.74, 6) is 0.0575. The highest BCUT2D eigenvalue weighted by Crippen LogP contribution is 2.39. The van der Waals surface area contributed by atoms with E-state index in [1.54, 1.807) is 0 Å². The van der Waals surface area contributed by atoms with Gasteiger partial charge in [-0.1, -0.05) is 11.2 Å². The first-order valence-corrected chi connectivity index (χ1v) is 6.40. The minimum atomic E-state index is -4.86. The number of anilines is 1. The molecule has 0 spiro atoms. The van der Waals surface area contributed by atoms with Gasteiger partial charge in [-0.3, -0.25) is 0 Å². The Hall–Kier alpha value is -2.70. The summed E-state index contributed by atoms with van der Waals surface area (Å²) in [5, 5.41) is 3.35. The number of hydrogen-bond donors (Lipinski definition) is 0. The maximum absolute atomic E-state index is 13.0. The molecule has 2 aromatic rings. The highest BCUT2D eigenvalue weighted by molar-refractivity contribution is 5.62. The first kappa shape index (κ1) is 17.7. The molecule has 0 fully saturated rings. The molecule has 0 N–H and O–H groups in total. The van der Waals surface area contributed by atoms with E-state index in [9.17, 15) is 26.3 Å². The van der Waals surface area contributed by atoms with Crippen LogP contribution in [0.1, 0.15) is 11.3 Å². The number of rotatable bonds is 4. The third kappa shape index (κ3) is 4.41. The van der Waals surface area contributed by atoms with Crippen molar-refractivity contribution in [3.05, 3.63) is 53.2 Å². The van der Waals surface area contributed by atoms with Gasteiger partial charge in [-0.2, -0.15) is 26.3 Å². The number of hydrogen-bond acceptors (Lipinski definition) is 3. The minimum Gasteiger partial charge on any atom is -0.360 e. The number of benzene rings is 1. The van der Waals surface area contributed by atoms with Crippen LogP contribution >= 0.6 is 0 Å². The first-order chi connectivity index (χ1) is 11.1. The van der Waals surface area contributed by atoms with Crippen LogP contribution in [-0.4, -0.2) is 17.9 Å². The molecule has 128 valence electrons. The molecule has 0 aliphatic carbocycles. The topological polar surface area (TPSA) is 33.6 Å². The van der Waals surface area contributed by atoms with Gasteiger partial charge in [-0.15, -0.1) is 0 Å². The van der Waals surface area contributed by atoms with Gasteiger partial charge in [0, 0.05) is 11.8 Å². The molecule has 1 heterocycles. The molecule has 1 aromatic heterocycles. The number of halogens is 6. The monoisotopic (exact) mass is 349 g/mol. The van der Waals surface area contributed by atoms with Crippen molar-refractivity contribution in [1.82, 2.24) is 5.16 Å². The zero-order valence-corrected chi connectivity index (χ0v) is 11.8. The van der Waals surface area contributed by atoms with Crippen LogP contribution in [0.15, 0.2) is 35.0 Å². The van der Waals surface area contributed by atoms with Gasteiger partial charge in [0.25, 0.3) is 0 Å². The summed E-state index contributed by atoms with van der Waals surface area (Å²) in [4.78, 5) is 3.42. The molecular weight excluding hydrogens is 340 g/mol. The van der Waals surface area contributed by atoms with Crippen molar-refractivity contribution in [3.63, 3.8) is 0 Å². The van der Waals surface area contributed by atoms with Gasteiger partial charge in [-0.25, -0.2) is 4.85 Å². The predicted molar refractivity (Wildman–Crippen MR) is 71.3 cm³/mol. The third-order valence-electron chi connectivity index (χ3n) is 2.98. The van der Waals surface area contributed by atoms with Gasteiger partial charge in [0.05, 0.1) is 24.9 Å². The van der Waals surface area contributed by atoms with Crippen molar-refractivity contribution in [2.24, 2.45) is 0 Å². The Morgan fingerprint density at radius 1 is 1.12 bits per heavy atom. The van der Waals surface area contributed by atoms with E-state index >= 15 is 0 Å². The SMILES string of the molecule is [C-]#[N+]c1ccc(N(Cc2ccno2)CC(F)(F)F)cc1C(F)(F)F. The molecule has 0 aliphatic heterocycles. The summed E-state index contributed by atoms with van der Waals surface area (Å²) in [7, 11) is 0. The van der Waals surface area contributed by atoms with Crippen molar-refractivity contribution in [1.29, 1.82) is 0 Å². The molecule has 0 aliphatic rings. The molecule has 0 saturated heterocycles. The average Bonchev–Trinajstić information content (AvgIpc) is 2.96. The molecule has 0 atom stereocenters. The van der Waals surface area contributed by atoms with Crippen molar-refractivity contribution in [2.45, 2.75) is 18.9 Å². The largest absolute Gasteiger partial charge is 0.407 e. The molecule has 10 heteroatoms. The summed E-state index contributed by atoms with van der Waals surface area (Å²) in [6.07, 6.45) is -8.28. The molecule has 4 nitrogen and oxygen atoms in total. The highest BCUT2D eigenvalue weighted by atomic mass is 19.4. The Kier molecular flexibility index (Phi) is 4.73. The molecule has 1 aromatic carbocycles. The second kappa shape index (κ2) is 6.43. The van der Waals surface area contributed by atoms with Crippen LogP contribution in [0, 0.1) is 6.57 Å². The van der Waals surface area contributed by atoms with Crippen LogP contribution in [0.4, 0.5) is 37.7 Å². The van der Waals surface area contributed by atoms with Gasteiger partial charge in [0.1, 0.15) is 6.54 Å². The average molecular weight is 349 g/mol. The van der Waals surface area contributed by atoms with Crippen LogP contribution in [-0.2, 0) is 12.7 Å². The fourth-order valence-corrected chi connectivity index (χ4v) is 2.01. The van der Waals surface area contributed by atoms with Crippen LogP contribution in [0.2, 0.25) is 0 Å². The third-order valence-corrected chi connectivity index (χ3v) is 2.98. The zero-order chi connectivity index (χ0) is 18.0. The molecule has 0 radical (unpaired) electrons. The Morgan fingerprint density at radius 2 is 1.83 bits per heavy atom. The summed E-state index contributed by atoms with van der Waals surface area (Å²) in [5.41, 5.74) is -2.30. The van der Waals surface area contributed by atoms with Crippen molar-refractivity contribution >= 4 is 11.4 Å². The normalized spacial score (nSPS) is 12.0. The lowest BCUT2D eigenvalue weighted by Gasteiger charge is -2.26. The highest BCUT2D eigenvalue weighted by Gasteiger charge is 2.36. The number of aromatic nitrogens is 1. The fraction of sp³-hybridized carbons (Fsp3) is 0.286. The molecule has 0 amide bonds. The molecular formula is C14H9F6N3O. The Balaban J connectivity index is 2.44. The Bertz CT molecular complexity index is 730. The van der Waals surface area contributed by atoms with E-state index in [1.165, 1.54) is 12.3 Å². The van der Waals surface area contributed by atoms with Gasteiger partial charge < -0.3 is 9.42 Å². The lowest BCUT2D eigenvalue weighted by Crippen LogP contribution is -2.33. The lowest BCUT2D eigenvalue weighted by molar-refractivity contribution is -0.136. The summed E-state index contributed by atoms with van der Waals surface area (Å²) < 4.78 is 81.9. The van der Waals surface area contributed by atoms with E-state index in [1.807, 2.05) is 0 Å². The van der Waals surface area contributed by atoms with E-state index < -0.39 is 36.7 Å². The molecule has 24 heavy (non-hydrogen) atoms. The molecule has 0 saturated carbocycles. The second-order valence-electron chi connectivity index (χ2n) is 4.76. The molecule has 0 bridgehead atoms. The van der Waals surface area contributed by atoms with Crippen LogP contribution < -0.4 is 4.90 Å². The van der Waals surface area contributed by atoms with Gasteiger partial charge in [0.15, 0.2) is 11.4 Å². The fourth-order valence-electron chi connectivity index (χ4n) is 2.01. The smallest absolute Gasteiger partial charge is 0.360 e. The van der Waals surface area contributed by atoms with Crippen LogP contribution in [0.25, 0.3) is 4.85 Å². The minimum absolute atomic E-state index is 0.0575. The van der Waals surface area contributed by atoms with E-state index in [0.717, 1.165) is 12.1 Å². The maximum Gasteiger partial charge on any atom is 0.407 e. The predicted octanol–water partition coefficient (Wildman–Crippen LogP) is 4.81. The van der Waals surface area contributed by atoms with Crippen molar-refractivity contribution in [2.75, 3.05) is 11.4 Å². The molecule has 0 unspecified atom stereocenters. The number of nitrogens with zero attached hydrogens (tertiary/aromatic N) is 3. The van der Waals surface area contributed by atoms with Crippen molar-refractivity contribution < 1.29 is 30.9 Å². The number of alkyl halides is 6. The van der Waals surface area contributed by atoms with Gasteiger partial charge >= 0.3 is 12.4 Å². The van der Waals surface area contributed by atoms with E-state index in [0.29, 0.717) is 11.0 Å². The van der Waals surface area contributed by atoms with Crippen molar-refractivity contribution in [3.8, 4) is 0 Å². The van der Waals surface area contributed by atoms with E-state index in [2.05, 4.69) is 10.0 Å². The zero-order valence-electron chi connectivity index (χ0n) is 11.8. The Morgan fingerprint density at radius 3 is 2.33 bits per heavy atom. The van der Waals surface area contributed by atoms with Crippen LogP contribution in [0.3, 0.4) is 0 Å². The van der Waals surface area contributed by atoms with E-state index in [-0.39, 0.29) is 11.4 Å². The quantitative estimate of drug-likeness (QED) is 0.587. The summed E-state index contributed by atoms with van der Waals surface area (Å²) >= 11 is 0. The second-order valence-corrected chi connectivity index (χ2v) is 4.76. The molecule has 2 rings (SSSR count). The summed E-state index contributed by atoms with van der Waals surface area (Å²) in [6, 6.07) is 3.71.